The van der Waals surface area contributed by atoms with Gasteiger partial charge in [-0.3, -0.25) is 0 Å². The van der Waals surface area contributed by atoms with Crippen molar-refractivity contribution in [2.24, 2.45) is 34.3 Å². The molecule has 5 heteroatoms. The monoisotopic (exact) mass is 535 g/mol. The molecule has 4 rings (SSSR count). The Hall–Kier alpha value is 0.120. The standard InChI is InChI=1S/C23H40INO3.C2H6/c1-14(4-7-21(25)28)17-5-6-18-23(17,3)11-9-19-22(2)10-8-16(26)12-15(22)13-20(27)24(18)19;1-2/h14-20,26-27H,4-13H2,1-3H3,(H2,25,28);1-2H3/t14-,15?,16-,17?,18?,19?,20?,22?,23?;/m1./s1. The Morgan fingerprint density at radius 2 is 1.67 bits per heavy atom. The summed E-state index contributed by atoms with van der Waals surface area (Å²) in [5.41, 5.74) is 6.13. The van der Waals surface area contributed by atoms with E-state index in [0.717, 1.165) is 40.0 Å². The molecular formula is C25H46INO3. The molecular weight excluding hydrogens is 489 g/mol. The average molecular weight is 536 g/mol. The van der Waals surface area contributed by atoms with E-state index in [-0.39, 0.29) is 16.1 Å². The molecule has 30 heavy (non-hydrogen) atoms. The van der Waals surface area contributed by atoms with Gasteiger partial charge in [-0.05, 0) is 0 Å². The second-order valence-electron chi connectivity index (χ2n) is 10.8. The summed E-state index contributed by atoms with van der Waals surface area (Å²) >= 11 is -1.55. The maximum atomic E-state index is 11.3. The van der Waals surface area contributed by atoms with Gasteiger partial charge in [-0.15, -0.1) is 0 Å². The molecule has 2 saturated heterocycles. The fraction of sp³-hybridized carbons (Fsp3) is 0.960. The van der Waals surface area contributed by atoms with E-state index in [1.807, 2.05) is 13.8 Å². The minimum absolute atomic E-state index is 0.0538. The molecule has 0 aromatic rings. The van der Waals surface area contributed by atoms with Gasteiger partial charge in [0.15, 0.2) is 0 Å². The fourth-order valence-corrected chi connectivity index (χ4v) is 18.9. The Labute approximate surface area is 191 Å². The van der Waals surface area contributed by atoms with Crippen molar-refractivity contribution in [3.05, 3.63) is 0 Å². The molecule has 7 unspecified atom stereocenters. The van der Waals surface area contributed by atoms with E-state index < -0.39 is 19.8 Å². The summed E-state index contributed by atoms with van der Waals surface area (Å²) in [5, 5.41) is 21.6. The Morgan fingerprint density at radius 3 is 2.33 bits per heavy atom. The van der Waals surface area contributed by atoms with Crippen molar-refractivity contribution in [1.29, 1.82) is 0 Å². The van der Waals surface area contributed by atoms with E-state index in [0.29, 0.717) is 35.0 Å². The first-order chi connectivity index (χ1) is 14.2. The van der Waals surface area contributed by atoms with Crippen LogP contribution in [0.2, 0.25) is 0 Å². The molecule has 9 atom stereocenters. The summed E-state index contributed by atoms with van der Waals surface area (Å²) in [7, 11) is 0. The molecule has 2 saturated carbocycles. The number of rotatable bonds is 4. The van der Waals surface area contributed by atoms with Gasteiger partial charge < -0.3 is 0 Å². The number of primary amides is 1. The maximum absolute atomic E-state index is 11.3. The molecule has 0 aromatic carbocycles. The first kappa shape index (κ1) is 24.8. The van der Waals surface area contributed by atoms with E-state index in [1.165, 1.54) is 25.7 Å². The van der Waals surface area contributed by atoms with Gasteiger partial charge in [0.1, 0.15) is 0 Å². The predicted molar refractivity (Wildman–Crippen MR) is 133 cm³/mol. The molecule has 4 aliphatic rings. The first-order valence-corrected chi connectivity index (χ1v) is 16.2. The quantitative estimate of drug-likeness (QED) is 0.339. The Kier molecular flexibility index (Phi) is 7.88. The number of alkyl halides is 3. The van der Waals surface area contributed by atoms with Crippen LogP contribution in [0.1, 0.15) is 98.8 Å². The number of amides is 1. The second kappa shape index (κ2) is 9.54. The zero-order valence-corrected chi connectivity index (χ0v) is 22.0. The summed E-state index contributed by atoms with van der Waals surface area (Å²) < 4.78 is 1.47. The molecule has 176 valence electrons. The fourth-order valence-electron chi connectivity index (χ4n) is 7.71. The number of aliphatic hydroxyl groups excluding tert-OH is 2. The number of nitrogens with two attached hydrogens (primary N) is 1. The van der Waals surface area contributed by atoms with Crippen LogP contribution in [0.4, 0.5) is 0 Å². The number of carbonyl (C=O) groups is 1. The van der Waals surface area contributed by atoms with Crippen molar-refractivity contribution in [3.63, 3.8) is 0 Å². The van der Waals surface area contributed by atoms with Gasteiger partial charge in [0.05, 0.1) is 0 Å². The van der Waals surface area contributed by atoms with Crippen LogP contribution in [-0.2, 0) is 4.79 Å². The van der Waals surface area contributed by atoms with Gasteiger partial charge in [-0.1, -0.05) is 13.8 Å². The van der Waals surface area contributed by atoms with E-state index in [4.69, 9.17) is 5.73 Å². The van der Waals surface area contributed by atoms with Crippen molar-refractivity contribution in [3.8, 4) is 0 Å². The third-order valence-electron chi connectivity index (χ3n) is 9.36. The van der Waals surface area contributed by atoms with Gasteiger partial charge in [0.2, 0.25) is 0 Å². The summed E-state index contributed by atoms with van der Waals surface area (Å²) in [6, 6.07) is 0. The van der Waals surface area contributed by atoms with Gasteiger partial charge >= 0.3 is 178 Å². The summed E-state index contributed by atoms with van der Waals surface area (Å²) in [5.74, 6) is 1.57. The molecule has 0 aromatic heterocycles. The SMILES string of the molecule is CC.C[C@H](CCC(N)=O)C1CCC2I3C(O)CC4C[C@H](O)CCC4(C)C3CCC12C. The van der Waals surface area contributed by atoms with Gasteiger partial charge in [-0.2, -0.15) is 0 Å². The summed E-state index contributed by atoms with van der Waals surface area (Å²) in [6.07, 6.45) is 10.4. The van der Waals surface area contributed by atoms with Crippen LogP contribution in [0.25, 0.3) is 0 Å². The predicted octanol–water partition coefficient (Wildman–Crippen LogP) is 5.26. The van der Waals surface area contributed by atoms with Crippen LogP contribution in [0.3, 0.4) is 0 Å². The van der Waals surface area contributed by atoms with E-state index in [1.54, 1.807) is 0 Å². The van der Waals surface area contributed by atoms with Gasteiger partial charge in [-0.25, -0.2) is 0 Å². The van der Waals surface area contributed by atoms with Crippen LogP contribution in [-0.4, -0.2) is 34.2 Å². The van der Waals surface area contributed by atoms with Crippen molar-refractivity contribution in [2.75, 3.05) is 0 Å². The Bertz CT molecular complexity index is 615. The van der Waals surface area contributed by atoms with Crippen LogP contribution >= 0.6 is 19.8 Å². The Morgan fingerprint density at radius 1 is 1.03 bits per heavy atom. The molecule has 2 heterocycles. The average Bonchev–Trinajstić information content (AvgIpc) is 3.06. The zero-order chi connectivity index (χ0) is 22.3. The molecule has 1 amide bonds. The van der Waals surface area contributed by atoms with Crippen LogP contribution in [0, 0.1) is 28.6 Å². The molecule has 0 spiro atoms. The number of fused-ring (bicyclic) bond motifs is 5. The number of halogens is 1. The van der Waals surface area contributed by atoms with Crippen LogP contribution < -0.4 is 5.73 Å². The van der Waals surface area contributed by atoms with Crippen LogP contribution in [0.5, 0.6) is 0 Å². The number of hydrogen-bond acceptors (Lipinski definition) is 3. The number of hydrogen-bond donors (Lipinski definition) is 3. The molecule has 4 N–H and O–H groups in total. The number of carbonyl (C=O) groups excluding carboxylic acids is 1. The first-order valence-electron chi connectivity index (χ1n) is 12.5. The topological polar surface area (TPSA) is 83.6 Å². The third-order valence-corrected chi connectivity index (χ3v) is 19.1. The zero-order valence-electron chi connectivity index (χ0n) is 19.9. The van der Waals surface area contributed by atoms with E-state index >= 15 is 0 Å². The molecule has 0 bridgehead atoms. The minimum atomic E-state index is -1.55. The molecule has 4 fully saturated rings. The second-order valence-corrected chi connectivity index (χ2v) is 17.4. The third kappa shape index (κ3) is 4.21. The molecule has 4 nitrogen and oxygen atoms in total. The van der Waals surface area contributed by atoms with Crippen molar-refractivity contribution in [2.45, 2.75) is 117 Å². The molecule has 0 radical (unpaired) electrons. The Balaban J connectivity index is 0.00000124. The van der Waals surface area contributed by atoms with Gasteiger partial charge in [0.25, 0.3) is 0 Å². The van der Waals surface area contributed by atoms with E-state index in [9.17, 15) is 15.0 Å². The van der Waals surface area contributed by atoms with Crippen molar-refractivity contribution >= 4 is 25.7 Å². The number of aliphatic hydroxyl groups is 2. The summed E-state index contributed by atoms with van der Waals surface area (Å²) in [6.45, 7) is 11.4. The van der Waals surface area contributed by atoms with Crippen molar-refractivity contribution < 1.29 is 15.0 Å². The van der Waals surface area contributed by atoms with Crippen molar-refractivity contribution in [1.82, 2.24) is 0 Å². The van der Waals surface area contributed by atoms with Gasteiger partial charge in [0, 0.05) is 0 Å². The van der Waals surface area contributed by atoms with Crippen LogP contribution in [0.15, 0.2) is 0 Å². The summed E-state index contributed by atoms with van der Waals surface area (Å²) in [4.78, 5) is 11.3. The normalized spacial score (nSPS) is 47.2. The molecule has 2 aliphatic carbocycles. The molecule has 2 aliphatic heterocycles. The van der Waals surface area contributed by atoms with E-state index in [2.05, 4.69) is 20.8 Å².